The third-order valence-corrected chi connectivity index (χ3v) is 4.57. The smallest absolute Gasteiger partial charge is 0.413 e. The van der Waals surface area contributed by atoms with Crippen LogP contribution in [0.5, 0.6) is 0 Å². The summed E-state index contributed by atoms with van der Waals surface area (Å²) >= 11 is 3.17. The van der Waals surface area contributed by atoms with Gasteiger partial charge in [-0.2, -0.15) is 5.10 Å². The molecule has 2 aromatic heterocycles. The Labute approximate surface area is 198 Å². The van der Waals surface area contributed by atoms with Crippen molar-refractivity contribution in [2.45, 2.75) is 33.3 Å². The highest BCUT2D eigenvalue weighted by Crippen LogP contribution is 2.21. The van der Waals surface area contributed by atoms with Crippen molar-refractivity contribution in [1.29, 1.82) is 5.41 Å². The number of benzene rings is 1. The number of ether oxygens (including phenoxy) is 1. The van der Waals surface area contributed by atoms with Crippen LogP contribution in [0.3, 0.4) is 0 Å². The number of nitrogens with zero attached hydrogens (tertiary/aromatic N) is 3. The summed E-state index contributed by atoms with van der Waals surface area (Å²) in [4.78, 5) is 29.2. The minimum absolute atomic E-state index is 0.0126. The van der Waals surface area contributed by atoms with Crippen molar-refractivity contribution in [3.8, 4) is 5.82 Å². The van der Waals surface area contributed by atoms with E-state index in [-0.39, 0.29) is 28.7 Å². The number of amidine groups is 1. The quantitative estimate of drug-likeness (QED) is 0.346. The van der Waals surface area contributed by atoms with Crippen LogP contribution in [-0.4, -0.2) is 38.2 Å². The Hall–Kier alpha value is -3.60. The number of carbonyl (C=O) groups is 2. The molecule has 0 atom stereocenters. The van der Waals surface area contributed by atoms with E-state index >= 15 is 0 Å². The van der Waals surface area contributed by atoms with Crippen molar-refractivity contribution in [2.24, 2.45) is 0 Å². The topological polar surface area (TPSA) is 122 Å². The van der Waals surface area contributed by atoms with Crippen molar-refractivity contribution in [3.63, 3.8) is 0 Å². The Balaban J connectivity index is 1.85. The van der Waals surface area contributed by atoms with Gasteiger partial charge in [0, 0.05) is 4.47 Å². The molecule has 0 fully saturated rings. The van der Waals surface area contributed by atoms with Gasteiger partial charge in [0.1, 0.15) is 22.8 Å². The standard InChI is InChI=1S/C22H22BrFN6O3/c1-12-10-17(20(31)27-15-9-8-13(23)11-14(15)24)30(29-12)18-7-5-6-16(26-18)19(25)28-21(32)33-22(2,3)4/h5-11H,1-4H3,(H,27,31)(H2,25,28,32). The van der Waals surface area contributed by atoms with Crippen LogP contribution in [0.25, 0.3) is 5.82 Å². The molecular weight excluding hydrogens is 495 g/mol. The molecule has 0 aliphatic rings. The van der Waals surface area contributed by atoms with Gasteiger partial charge in [0.05, 0.1) is 11.4 Å². The number of carbonyl (C=O) groups excluding carboxylic acids is 2. The van der Waals surface area contributed by atoms with E-state index in [9.17, 15) is 14.0 Å². The molecule has 0 spiro atoms. The fraction of sp³-hybridized carbons (Fsp3) is 0.227. The first-order chi connectivity index (χ1) is 15.4. The van der Waals surface area contributed by atoms with Crippen LogP contribution in [0.2, 0.25) is 0 Å². The second kappa shape index (κ2) is 9.49. The van der Waals surface area contributed by atoms with Gasteiger partial charge in [-0.25, -0.2) is 18.9 Å². The van der Waals surface area contributed by atoms with Crippen molar-refractivity contribution >= 4 is 39.5 Å². The average Bonchev–Trinajstić information content (AvgIpc) is 3.10. The summed E-state index contributed by atoms with van der Waals surface area (Å²) in [5.74, 6) is -1.23. The molecule has 9 nitrogen and oxygen atoms in total. The molecule has 0 radical (unpaired) electrons. The normalized spacial score (nSPS) is 11.1. The van der Waals surface area contributed by atoms with Gasteiger partial charge in [-0.15, -0.1) is 0 Å². The lowest BCUT2D eigenvalue weighted by molar-refractivity contribution is 0.0562. The molecule has 3 rings (SSSR count). The number of rotatable bonds is 4. The zero-order valence-electron chi connectivity index (χ0n) is 18.4. The van der Waals surface area contributed by atoms with Gasteiger partial charge >= 0.3 is 6.09 Å². The summed E-state index contributed by atoms with van der Waals surface area (Å²) in [6.07, 6.45) is -0.786. The third kappa shape index (κ3) is 6.22. The minimum Gasteiger partial charge on any atom is -0.444 e. The summed E-state index contributed by atoms with van der Waals surface area (Å²) in [5.41, 5.74) is 0.0789. The van der Waals surface area contributed by atoms with Gasteiger partial charge in [0.2, 0.25) is 0 Å². The molecular formula is C22H22BrFN6O3. The molecule has 3 aromatic rings. The summed E-state index contributed by atoms with van der Waals surface area (Å²) in [7, 11) is 0. The van der Waals surface area contributed by atoms with Crippen molar-refractivity contribution in [3.05, 3.63) is 69.8 Å². The van der Waals surface area contributed by atoms with Gasteiger partial charge < -0.3 is 10.1 Å². The van der Waals surface area contributed by atoms with Crippen LogP contribution in [0, 0.1) is 18.2 Å². The lowest BCUT2D eigenvalue weighted by Gasteiger charge is -2.19. The van der Waals surface area contributed by atoms with Gasteiger partial charge in [-0.1, -0.05) is 22.0 Å². The van der Waals surface area contributed by atoms with E-state index in [4.69, 9.17) is 10.1 Å². The maximum atomic E-state index is 14.2. The second-order valence-electron chi connectivity index (χ2n) is 8.04. The fourth-order valence-electron chi connectivity index (χ4n) is 2.76. The Morgan fingerprint density at radius 1 is 1.18 bits per heavy atom. The molecule has 11 heteroatoms. The molecule has 0 saturated carbocycles. The van der Waals surface area contributed by atoms with Gasteiger partial charge in [0.15, 0.2) is 11.7 Å². The highest BCUT2D eigenvalue weighted by atomic mass is 79.9. The number of hydrogen-bond acceptors (Lipinski definition) is 6. The van der Waals surface area contributed by atoms with E-state index in [1.807, 2.05) is 0 Å². The molecule has 1 aromatic carbocycles. The monoisotopic (exact) mass is 516 g/mol. The van der Waals surface area contributed by atoms with E-state index < -0.39 is 23.4 Å². The maximum absolute atomic E-state index is 14.2. The van der Waals surface area contributed by atoms with E-state index in [1.165, 1.54) is 28.9 Å². The predicted molar refractivity (Wildman–Crippen MR) is 124 cm³/mol. The Bertz CT molecular complexity index is 1240. The summed E-state index contributed by atoms with van der Waals surface area (Å²) in [5, 5.41) is 17.3. The highest BCUT2D eigenvalue weighted by Gasteiger charge is 2.20. The van der Waals surface area contributed by atoms with E-state index in [0.717, 1.165) is 0 Å². The summed E-state index contributed by atoms with van der Waals surface area (Å²) in [6, 6.07) is 10.5. The lowest BCUT2D eigenvalue weighted by atomic mass is 10.2. The zero-order chi connectivity index (χ0) is 24.3. The number of alkyl carbamates (subject to hydrolysis) is 1. The number of aryl methyl sites for hydroxylation is 1. The minimum atomic E-state index is -0.786. The molecule has 172 valence electrons. The van der Waals surface area contributed by atoms with Crippen molar-refractivity contribution in [1.82, 2.24) is 20.1 Å². The molecule has 3 N–H and O–H groups in total. The summed E-state index contributed by atoms with van der Waals surface area (Å²) < 4.78 is 21.1. The largest absolute Gasteiger partial charge is 0.444 e. The van der Waals surface area contributed by atoms with Crippen LogP contribution < -0.4 is 10.6 Å². The Morgan fingerprint density at radius 2 is 1.91 bits per heavy atom. The molecule has 2 heterocycles. The Kier molecular flexibility index (Phi) is 6.92. The Morgan fingerprint density at radius 3 is 2.58 bits per heavy atom. The number of amides is 2. The van der Waals surface area contributed by atoms with Gasteiger partial charge in [0.25, 0.3) is 5.91 Å². The first-order valence-corrected chi connectivity index (χ1v) is 10.6. The van der Waals surface area contributed by atoms with E-state index in [0.29, 0.717) is 10.2 Å². The predicted octanol–water partition coefficient (Wildman–Crippen LogP) is 4.58. The lowest BCUT2D eigenvalue weighted by Crippen LogP contribution is -2.36. The molecule has 0 bridgehead atoms. The molecule has 0 unspecified atom stereocenters. The molecule has 0 aliphatic carbocycles. The van der Waals surface area contributed by atoms with Crippen LogP contribution in [0.1, 0.15) is 42.6 Å². The van der Waals surface area contributed by atoms with Crippen molar-refractivity contribution < 1.29 is 18.7 Å². The van der Waals surface area contributed by atoms with Crippen LogP contribution in [-0.2, 0) is 4.74 Å². The van der Waals surface area contributed by atoms with E-state index in [1.54, 1.807) is 45.9 Å². The first-order valence-electron chi connectivity index (χ1n) is 9.82. The third-order valence-electron chi connectivity index (χ3n) is 4.08. The zero-order valence-corrected chi connectivity index (χ0v) is 19.9. The van der Waals surface area contributed by atoms with Crippen LogP contribution in [0.4, 0.5) is 14.9 Å². The number of pyridine rings is 1. The molecule has 2 amide bonds. The van der Waals surface area contributed by atoms with Crippen LogP contribution in [0.15, 0.2) is 46.9 Å². The number of hydrogen-bond donors (Lipinski definition) is 3. The molecule has 0 aliphatic heterocycles. The number of aromatic nitrogens is 3. The number of halogens is 2. The van der Waals surface area contributed by atoms with Gasteiger partial charge in [-0.05, 0) is 64.1 Å². The first kappa shape index (κ1) is 24.1. The van der Waals surface area contributed by atoms with E-state index in [2.05, 4.69) is 36.6 Å². The molecule has 33 heavy (non-hydrogen) atoms. The van der Waals surface area contributed by atoms with Gasteiger partial charge in [-0.3, -0.25) is 15.5 Å². The highest BCUT2D eigenvalue weighted by molar-refractivity contribution is 9.10. The molecule has 0 saturated heterocycles. The average molecular weight is 517 g/mol. The SMILES string of the molecule is Cc1cc(C(=O)Nc2ccc(Br)cc2F)n(-c2cccc(C(=N)NC(=O)OC(C)(C)C)n2)n1. The fourth-order valence-corrected chi connectivity index (χ4v) is 3.10. The van der Waals surface area contributed by atoms with Crippen LogP contribution >= 0.6 is 15.9 Å². The summed E-state index contributed by atoms with van der Waals surface area (Å²) in [6.45, 7) is 6.83. The second-order valence-corrected chi connectivity index (χ2v) is 8.96. The maximum Gasteiger partial charge on any atom is 0.413 e. The number of anilines is 1. The number of nitrogens with one attached hydrogen (secondary N) is 3. The van der Waals surface area contributed by atoms with Crippen molar-refractivity contribution in [2.75, 3.05) is 5.32 Å².